The van der Waals surface area contributed by atoms with Gasteiger partial charge in [0.2, 0.25) is 5.91 Å². The van der Waals surface area contributed by atoms with Crippen molar-refractivity contribution < 1.29 is 18.0 Å². The van der Waals surface area contributed by atoms with Crippen molar-refractivity contribution in [3.05, 3.63) is 66.4 Å². The van der Waals surface area contributed by atoms with Crippen molar-refractivity contribution in [1.82, 2.24) is 14.5 Å². The molecule has 1 aliphatic rings. The zero-order chi connectivity index (χ0) is 22.7. The van der Waals surface area contributed by atoms with Crippen LogP contribution in [0.25, 0.3) is 11.3 Å². The molecule has 0 atom stereocenters. The fourth-order valence-corrected chi connectivity index (χ4v) is 4.57. The molecule has 0 saturated carbocycles. The highest BCUT2D eigenvalue weighted by Crippen LogP contribution is 2.32. The van der Waals surface area contributed by atoms with E-state index in [0.29, 0.717) is 31.9 Å². The average molecular weight is 461 g/mol. The number of piperazine rings is 1. The minimum Gasteiger partial charge on any atom is -0.368 e. The summed E-state index contributed by atoms with van der Waals surface area (Å²) in [6.45, 7) is 1.95. The van der Waals surface area contributed by atoms with Gasteiger partial charge in [-0.25, -0.2) is 4.98 Å². The van der Waals surface area contributed by atoms with Crippen LogP contribution in [0, 0.1) is 0 Å². The Bertz CT molecular complexity index is 1080. The Labute approximate surface area is 188 Å². The molecule has 168 valence electrons. The Kier molecular flexibility index (Phi) is 6.45. The molecule has 4 rings (SSSR count). The van der Waals surface area contributed by atoms with Crippen LogP contribution in [0.1, 0.15) is 5.56 Å². The molecular formula is C23H23F3N4OS. The summed E-state index contributed by atoms with van der Waals surface area (Å²) >= 11 is 1.39. The van der Waals surface area contributed by atoms with E-state index in [1.54, 1.807) is 17.2 Å². The van der Waals surface area contributed by atoms with Gasteiger partial charge in [0.25, 0.3) is 0 Å². The number of alkyl halides is 3. The van der Waals surface area contributed by atoms with Gasteiger partial charge in [0.15, 0.2) is 5.16 Å². The van der Waals surface area contributed by atoms with E-state index >= 15 is 0 Å². The van der Waals surface area contributed by atoms with E-state index in [1.807, 2.05) is 46.8 Å². The molecule has 32 heavy (non-hydrogen) atoms. The fraction of sp³-hybridized carbons (Fsp3) is 0.304. The zero-order valence-corrected chi connectivity index (χ0v) is 18.4. The van der Waals surface area contributed by atoms with Gasteiger partial charge in [-0.3, -0.25) is 4.79 Å². The number of hydrogen-bond acceptors (Lipinski definition) is 4. The third-order valence-corrected chi connectivity index (χ3v) is 6.54. The summed E-state index contributed by atoms with van der Waals surface area (Å²) < 4.78 is 40.9. The number of nitrogens with zero attached hydrogens (tertiary/aromatic N) is 4. The lowest BCUT2D eigenvalue weighted by Crippen LogP contribution is -2.49. The van der Waals surface area contributed by atoms with Crippen LogP contribution in [0.5, 0.6) is 0 Å². The maximum atomic E-state index is 13.0. The quantitative estimate of drug-likeness (QED) is 0.524. The van der Waals surface area contributed by atoms with Crippen molar-refractivity contribution in [2.45, 2.75) is 11.3 Å². The minimum absolute atomic E-state index is 0.00273. The number of rotatable bonds is 5. The molecule has 2 aromatic carbocycles. The second kappa shape index (κ2) is 9.28. The van der Waals surface area contributed by atoms with Crippen molar-refractivity contribution >= 4 is 23.4 Å². The van der Waals surface area contributed by atoms with E-state index in [1.165, 1.54) is 23.9 Å². The summed E-state index contributed by atoms with van der Waals surface area (Å²) in [7, 11) is 1.93. The Morgan fingerprint density at radius 3 is 2.44 bits per heavy atom. The van der Waals surface area contributed by atoms with Crippen LogP contribution in [0.2, 0.25) is 0 Å². The summed E-state index contributed by atoms with van der Waals surface area (Å²) in [5, 5.41) is 0.764. The smallest absolute Gasteiger partial charge is 0.368 e. The molecule has 9 heteroatoms. The number of carbonyl (C=O) groups excluding carboxylic acids is 1. The van der Waals surface area contributed by atoms with Gasteiger partial charge in [0.05, 0.1) is 23.2 Å². The third kappa shape index (κ3) is 4.93. The second-order valence-corrected chi connectivity index (χ2v) is 8.50. The molecule has 0 N–H and O–H groups in total. The molecule has 2 heterocycles. The molecule has 5 nitrogen and oxygen atoms in total. The van der Waals surface area contributed by atoms with Crippen molar-refractivity contribution in [3.8, 4) is 11.3 Å². The largest absolute Gasteiger partial charge is 0.416 e. The van der Waals surface area contributed by atoms with E-state index in [0.717, 1.165) is 22.5 Å². The number of carbonyl (C=O) groups is 1. The van der Waals surface area contributed by atoms with E-state index in [-0.39, 0.29) is 11.7 Å². The topological polar surface area (TPSA) is 41.4 Å². The van der Waals surface area contributed by atoms with Gasteiger partial charge in [-0.1, -0.05) is 48.2 Å². The van der Waals surface area contributed by atoms with E-state index in [2.05, 4.69) is 4.98 Å². The van der Waals surface area contributed by atoms with E-state index in [4.69, 9.17) is 0 Å². The number of imidazole rings is 1. The normalized spacial score (nSPS) is 14.6. The third-order valence-electron chi connectivity index (χ3n) is 5.51. The highest BCUT2D eigenvalue weighted by atomic mass is 32.2. The van der Waals surface area contributed by atoms with Crippen molar-refractivity contribution in [2.75, 3.05) is 36.8 Å². The van der Waals surface area contributed by atoms with Crippen LogP contribution in [0.15, 0.2) is 66.0 Å². The van der Waals surface area contributed by atoms with Crippen LogP contribution in [-0.4, -0.2) is 52.3 Å². The Morgan fingerprint density at radius 1 is 1.03 bits per heavy atom. The molecule has 0 radical (unpaired) electrons. The van der Waals surface area contributed by atoms with Gasteiger partial charge in [0.1, 0.15) is 0 Å². The summed E-state index contributed by atoms with van der Waals surface area (Å²) in [6, 6.07) is 15.3. The average Bonchev–Trinajstić information content (AvgIpc) is 3.18. The van der Waals surface area contributed by atoms with Crippen molar-refractivity contribution in [3.63, 3.8) is 0 Å². The molecule has 1 aromatic heterocycles. The summed E-state index contributed by atoms with van der Waals surface area (Å²) in [4.78, 5) is 20.8. The van der Waals surface area contributed by atoms with Gasteiger partial charge in [0, 0.05) is 38.9 Å². The van der Waals surface area contributed by atoms with Crippen LogP contribution < -0.4 is 4.90 Å². The predicted octanol–water partition coefficient (Wildman–Crippen LogP) is 4.55. The van der Waals surface area contributed by atoms with E-state index < -0.39 is 11.7 Å². The molecule has 0 bridgehead atoms. The maximum absolute atomic E-state index is 13.0. The first-order chi connectivity index (χ1) is 15.3. The maximum Gasteiger partial charge on any atom is 0.416 e. The lowest BCUT2D eigenvalue weighted by atomic mass is 10.1. The number of hydrogen-bond donors (Lipinski definition) is 0. The first-order valence-electron chi connectivity index (χ1n) is 10.2. The van der Waals surface area contributed by atoms with Gasteiger partial charge < -0.3 is 14.4 Å². The van der Waals surface area contributed by atoms with Gasteiger partial charge in [-0.05, 0) is 23.8 Å². The Morgan fingerprint density at radius 2 is 1.75 bits per heavy atom. The molecular weight excluding hydrogens is 437 g/mol. The molecule has 1 fully saturated rings. The van der Waals surface area contributed by atoms with Crippen LogP contribution in [-0.2, 0) is 18.0 Å². The number of benzene rings is 2. The number of anilines is 1. The van der Waals surface area contributed by atoms with Crippen molar-refractivity contribution in [2.24, 2.45) is 7.05 Å². The SMILES string of the molecule is Cn1c(-c2ccccc2)cnc1SCC(=O)N1CCN(c2cccc(C(F)(F)F)c2)CC1. The van der Waals surface area contributed by atoms with Gasteiger partial charge in [-0.15, -0.1) is 0 Å². The number of thioether (sulfide) groups is 1. The monoisotopic (exact) mass is 460 g/mol. The molecule has 1 aliphatic heterocycles. The number of amides is 1. The summed E-state index contributed by atoms with van der Waals surface area (Å²) in [5.41, 5.74) is 1.92. The zero-order valence-electron chi connectivity index (χ0n) is 17.5. The summed E-state index contributed by atoms with van der Waals surface area (Å²) in [6.07, 6.45) is -2.56. The lowest BCUT2D eigenvalue weighted by Gasteiger charge is -2.36. The van der Waals surface area contributed by atoms with Crippen LogP contribution in [0.4, 0.5) is 18.9 Å². The Balaban J connectivity index is 1.32. The van der Waals surface area contributed by atoms with Crippen LogP contribution >= 0.6 is 11.8 Å². The molecule has 1 saturated heterocycles. The second-order valence-electron chi connectivity index (χ2n) is 7.56. The van der Waals surface area contributed by atoms with Crippen LogP contribution in [0.3, 0.4) is 0 Å². The molecule has 0 unspecified atom stereocenters. The first kappa shape index (κ1) is 22.3. The molecule has 3 aromatic rings. The first-order valence-corrected chi connectivity index (χ1v) is 11.2. The highest BCUT2D eigenvalue weighted by Gasteiger charge is 2.31. The minimum atomic E-state index is -4.36. The van der Waals surface area contributed by atoms with Crippen molar-refractivity contribution in [1.29, 1.82) is 0 Å². The number of halogens is 3. The van der Waals surface area contributed by atoms with Gasteiger partial charge >= 0.3 is 6.18 Å². The van der Waals surface area contributed by atoms with E-state index in [9.17, 15) is 18.0 Å². The highest BCUT2D eigenvalue weighted by molar-refractivity contribution is 7.99. The number of aromatic nitrogens is 2. The lowest BCUT2D eigenvalue weighted by molar-refractivity contribution is -0.137. The standard InChI is InChI=1S/C23H23F3N4OS/c1-28-20(17-6-3-2-4-7-17)15-27-22(28)32-16-21(31)30-12-10-29(11-13-30)19-9-5-8-18(14-19)23(24,25)26/h2-9,14-15H,10-13,16H2,1H3. The van der Waals surface area contributed by atoms with Gasteiger partial charge in [-0.2, -0.15) is 13.2 Å². The summed E-state index contributed by atoms with van der Waals surface area (Å²) in [5.74, 6) is 0.269. The Hall–Kier alpha value is -2.94. The predicted molar refractivity (Wildman–Crippen MR) is 120 cm³/mol. The molecule has 0 aliphatic carbocycles. The molecule has 1 amide bonds. The molecule has 0 spiro atoms. The fourth-order valence-electron chi connectivity index (χ4n) is 3.71.